The molecule has 1 fully saturated rings. The number of amides is 2. The van der Waals surface area contributed by atoms with Crippen molar-refractivity contribution in [2.24, 2.45) is 11.8 Å². The molecule has 0 saturated carbocycles. The van der Waals surface area contributed by atoms with Crippen molar-refractivity contribution in [2.75, 3.05) is 4.90 Å². The first-order valence-corrected chi connectivity index (χ1v) is 13.7. The highest BCUT2D eigenvalue weighted by Crippen LogP contribution is 2.70. The Morgan fingerprint density at radius 1 is 0.649 bits per heavy atom. The summed E-state index contributed by atoms with van der Waals surface area (Å²) in [6.45, 7) is 2.01. The Balaban J connectivity index is 1.32. The molecule has 0 radical (unpaired) electrons. The Kier molecular flexibility index (Phi) is 4.89. The zero-order valence-corrected chi connectivity index (χ0v) is 23.0. The topological polar surface area (TPSA) is 46.6 Å². The third kappa shape index (κ3) is 2.94. The van der Waals surface area contributed by atoms with E-state index in [2.05, 4.69) is 56.1 Å². The number of rotatable bonds is 3. The molecule has 4 aliphatic rings. The molecular weight excluding hydrogens is 594 g/mol. The van der Waals surface area contributed by atoms with Crippen LogP contribution in [-0.2, 0) is 18.2 Å². The number of halogens is 2. The lowest BCUT2D eigenvalue weighted by atomic mass is 9.54. The van der Waals surface area contributed by atoms with Gasteiger partial charge >= 0.3 is 0 Å². The second-order valence-corrected chi connectivity index (χ2v) is 12.4. The minimum Gasteiger partial charge on any atom is -0.457 e. The van der Waals surface area contributed by atoms with E-state index in [1.54, 1.807) is 24.3 Å². The molecule has 4 aromatic rings. The SMILES string of the molecule is Cc1cccc(Oc2ccc(N3C(=O)C4C(C3=O)C3(Br)c5ccccc5C4(Br)c4ccccc43)cc2)c1. The highest BCUT2D eigenvalue weighted by Gasteiger charge is 2.72. The number of aryl methyl sites for hydroxylation is 1. The summed E-state index contributed by atoms with van der Waals surface area (Å²) in [5, 5.41) is 0. The number of carbonyl (C=O) groups is 2. The van der Waals surface area contributed by atoms with Gasteiger partial charge < -0.3 is 4.74 Å². The molecule has 2 bridgehead atoms. The summed E-state index contributed by atoms with van der Waals surface area (Å²) in [7, 11) is 0. The summed E-state index contributed by atoms with van der Waals surface area (Å²) in [6.07, 6.45) is 0. The Hall–Kier alpha value is -3.22. The van der Waals surface area contributed by atoms with Gasteiger partial charge in [-0.2, -0.15) is 0 Å². The number of imide groups is 1. The van der Waals surface area contributed by atoms with Gasteiger partial charge in [0.2, 0.25) is 11.8 Å². The van der Waals surface area contributed by atoms with E-state index in [-0.39, 0.29) is 11.8 Å². The van der Waals surface area contributed by atoms with Crippen LogP contribution in [-0.4, -0.2) is 11.8 Å². The molecule has 0 N–H and O–H groups in total. The van der Waals surface area contributed by atoms with Crippen LogP contribution in [0.5, 0.6) is 11.5 Å². The summed E-state index contributed by atoms with van der Waals surface area (Å²) >= 11 is 8.09. The van der Waals surface area contributed by atoms with Crippen molar-refractivity contribution >= 4 is 49.4 Å². The van der Waals surface area contributed by atoms with Crippen molar-refractivity contribution in [2.45, 2.75) is 15.6 Å². The van der Waals surface area contributed by atoms with Crippen LogP contribution in [0.1, 0.15) is 27.8 Å². The van der Waals surface area contributed by atoms with Gasteiger partial charge in [-0.1, -0.05) is 92.5 Å². The number of anilines is 1. The molecule has 8 rings (SSSR count). The van der Waals surface area contributed by atoms with E-state index in [0.717, 1.165) is 33.6 Å². The van der Waals surface area contributed by atoms with Gasteiger partial charge in [-0.15, -0.1) is 0 Å². The minimum absolute atomic E-state index is 0.202. The second-order valence-electron chi connectivity index (χ2n) is 9.89. The molecule has 2 unspecified atom stereocenters. The maximum atomic E-state index is 14.1. The fraction of sp³-hybridized carbons (Fsp3) is 0.161. The number of alkyl halides is 2. The Morgan fingerprint density at radius 3 is 1.59 bits per heavy atom. The number of ether oxygens (including phenoxy) is 1. The van der Waals surface area contributed by atoms with Crippen molar-refractivity contribution in [3.05, 3.63) is 125 Å². The van der Waals surface area contributed by atoms with E-state index >= 15 is 0 Å². The lowest BCUT2D eigenvalue weighted by Crippen LogP contribution is -2.56. The third-order valence-electron chi connectivity index (χ3n) is 7.91. The zero-order valence-electron chi connectivity index (χ0n) is 19.8. The maximum absolute atomic E-state index is 14.1. The number of hydrogen-bond donors (Lipinski definition) is 0. The summed E-state index contributed by atoms with van der Waals surface area (Å²) in [6, 6.07) is 31.2. The van der Waals surface area contributed by atoms with E-state index in [1.807, 2.05) is 55.5 Å². The van der Waals surface area contributed by atoms with Crippen LogP contribution >= 0.6 is 31.9 Å². The van der Waals surface area contributed by atoms with Gasteiger partial charge in [0.05, 0.1) is 26.2 Å². The lowest BCUT2D eigenvalue weighted by Gasteiger charge is -2.55. The quantitative estimate of drug-likeness (QED) is 0.181. The molecule has 0 spiro atoms. The van der Waals surface area contributed by atoms with E-state index in [9.17, 15) is 9.59 Å². The lowest BCUT2D eigenvalue weighted by molar-refractivity contribution is -0.122. The van der Waals surface area contributed by atoms with Crippen LogP contribution < -0.4 is 9.64 Å². The number of nitrogens with zero attached hydrogens (tertiary/aromatic N) is 1. The van der Waals surface area contributed by atoms with E-state index in [4.69, 9.17) is 4.74 Å². The fourth-order valence-corrected chi connectivity index (χ4v) is 8.70. The number of hydrogen-bond acceptors (Lipinski definition) is 3. The van der Waals surface area contributed by atoms with Gasteiger partial charge in [0.1, 0.15) is 11.5 Å². The summed E-state index contributed by atoms with van der Waals surface area (Å²) < 4.78 is 4.39. The Morgan fingerprint density at radius 2 is 1.14 bits per heavy atom. The average molecular weight is 615 g/mol. The zero-order chi connectivity index (χ0) is 25.5. The predicted molar refractivity (Wildman–Crippen MR) is 149 cm³/mol. The van der Waals surface area contributed by atoms with E-state index < -0.39 is 20.5 Å². The molecule has 3 aliphatic carbocycles. The largest absolute Gasteiger partial charge is 0.457 e. The van der Waals surface area contributed by atoms with Crippen molar-refractivity contribution < 1.29 is 14.3 Å². The molecule has 0 aromatic heterocycles. The van der Waals surface area contributed by atoms with Crippen LogP contribution in [0, 0.1) is 18.8 Å². The van der Waals surface area contributed by atoms with Crippen molar-refractivity contribution in [1.82, 2.24) is 0 Å². The Bertz CT molecular complexity index is 1490. The second kappa shape index (κ2) is 7.89. The average Bonchev–Trinajstić information content (AvgIpc) is 3.19. The summed E-state index contributed by atoms with van der Waals surface area (Å²) in [5.41, 5.74) is 5.75. The van der Waals surface area contributed by atoms with E-state index in [1.165, 1.54) is 4.90 Å². The molecule has 4 nitrogen and oxygen atoms in total. The molecule has 4 aromatic carbocycles. The number of benzene rings is 4. The fourth-order valence-electron chi connectivity index (χ4n) is 6.40. The van der Waals surface area contributed by atoms with Crippen molar-refractivity contribution in [3.8, 4) is 11.5 Å². The van der Waals surface area contributed by atoms with Crippen molar-refractivity contribution in [1.29, 1.82) is 0 Å². The van der Waals surface area contributed by atoms with Crippen molar-refractivity contribution in [3.63, 3.8) is 0 Å². The van der Waals surface area contributed by atoms with Gasteiger partial charge in [0.25, 0.3) is 0 Å². The van der Waals surface area contributed by atoms with E-state index in [0.29, 0.717) is 11.4 Å². The minimum atomic E-state index is -0.796. The van der Waals surface area contributed by atoms with Crippen LogP contribution in [0.3, 0.4) is 0 Å². The highest BCUT2D eigenvalue weighted by molar-refractivity contribution is 9.10. The smallest absolute Gasteiger partial charge is 0.239 e. The molecule has 37 heavy (non-hydrogen) atoms. The molecule has 1 aliphatic heterocycles. The Labute approximate surface area is 231 Å². The van der Waals surface area contributed by atoms with Gasteiger partial charge in [0.15, 0.2) is 0 Å². The molecule has 1 heterocycles. The first kappa shape index (κ1) is 22.9. The van der Waals surface area contributed by atoms with Crippen LogP contribution in [0.2, 0.25) is 0 Å². The molecule has 2 atom stereocenters. The maximum Gasteiger partial charge on any atom is 0.239 e. The van der Waals surface area contributed by atoms with Gasteiger partial charge in [-0.25, -0.2) is 4.90 Å². The normalized spacial score (nSPS) is 27.1. The van der Waals surface area contributed by atoms with Gasteiger partial charge in [0, 0.05) is 0 Å². The monoisotopic (exact) mass is 613 g/mol. The first-order chi connectivity index (χ1) is 17.8. The molecule has 6 heteroatoms. The van der Waals surface area contributed by atoms with Gasteiger partial charge in [-0.05, 0) is 71.1 Å². The van der Waals surface area contributed by atoms with Crippen LogP contribution in [0.4, 0.5) is 5.69 Å². The highest BCUT2D eigenvalue weighted by atomic mass is 79.9. The molecular formula is C31H21Br2NO3. The number of carbonyl (C=O) groups excluding carboxylic acids is 2. The molecule has 2 amide bonds. The van der Waals surface area contributed by atoms with Crippen LogP contribution in [0.25, 0.3) is 0 Å². The summed E-state index contributed by atoms with van der Waals surface area (Å²) in [5.74, 6) is -0.208. The van der Waals surface area contributed by atoms with Crippen LogP contribution in [0.15, 0.2) is 97.1 Å². The van der Waals surface area contributed by atoms with Gasteiger partial charge in [-0.3, -0.25) is 9.59 Å². The predicted octanol–water partition coefficient (Wildman–Crippen LogP) is 7.20. The molecule has 1 saturated heterocycles. The standard InChI is InChI=1S/C31H21Br2NO3/c1-18-7-6-8-21(17-18)37-20-15-13-19(14-16-20)34-28(35)26-27(29(34)36)31(33)23-10-3-2-9-22(23)30(26,32)24-11-4-5-12-25(24)31/h2-17,26-27H,1H3. The summed E-state index contributed by atoms with van der Waals surface area (Å²) in [4.78, 5) is 29.6. The third-order valence-corrected chi connectivity index (χ3v) is 10.6. The first-order valence-electron chi connectivity index (χ1n) is 12.2. The molecule has 182 valence electrons.